The van der Waals surface area contributed by atoms with Gasteiger partial charge in [-0.15, -0.1) is 0 Å². The highest BCUT2D eigenvalue weighted by Gasteiger charge is 2.23. The van der Waals surface area contributed by atoms with Gasteiger partial charge < -0.3 is 5.32 Å². The summed E-state index contributed by atoms with van der Waals surface area (Å²) in [7, 11) is 0. The minimum Gasteiger partial charge on any atom is -0.307 e. The molecule has 1 aromatic rings. The molecule has 0 saturated heterocycles. The van der Waals surface area contributed by atoms with Crippen molar-refractivity contribution in [3.63, 3.8) is 0 Å². The molecule has 1 aliphatic rings. The lowest BCUT2D eigenvalue weighted by Crippen LogP contribution is -2.37. The smallest absolute Gasteiger partial charge is 0.123 e. The summed E-state index contributed by atoms with van der Waals surface area (Å²) in [6.45, 7) is 2.19. The molecule has 1 aliphatic carbocycles. The van der Waals surface area contributed by atoms with Crippen molar-refractivity contribution in [3.8, 4) is 0 Å². The number of rotatable bonds is 5. The minimum absolute atomic E-state index is 0.154. The fourth-order valence-corrected chi connectivity index (χ4v) is 3.77. The Balaban J connectivity index is 1.96. The summed E-state index contributed by atoms with van der Waals surface area (Å²) >= 11 is 1.99. The van der Waals surface area contributed by atoms with Crippen molar-refractivity contribution < 1.29 is 4.39 Å². The van der Waals surface area contributed by atoms with Crippen molar-refractivity contribution >= 4 is 11.8 Å². The zero-order chi connectivity index (χ0) is 13.7. The second-order valence-corrected chi connectivity index (χ2v) is 6.54. The summed E-state index contributed by atoms with van der Waals surface area (Å²) in [5, 5.41) is 4.57. The second-order valence-electron chi connectivity index (χ2n) is 5.40. The standard InChI is InChI=1S/C16H24FNS/c1-3-16(12-7-9-13(17)10-8-12)18-14-5-4-6-15(11-14)19-2/h7-10,14-16,18H,3-6,11H2,1-2H3. The molecule has 0 spiro atoms. The van der Waals surface area contributed by atoms with Gasteiger partial charge in [0.05, 0.1) is 0 Å². The number of benzene rings is 1. The van der Waals surface area contributed by atoms with Crippen molar-refractivity contribution in [2.75, 3.05) is 6.26 Å². The normalized spacial score (nSPS) is 25.2. The van der Waals surface area contributed by atoms with Gasteiger partial charge in [-0.1, -0.05) is 25.5 Å². The van der Waals surface area contributed by atoms with Crippen LogP contribution in [0.15, 0.2) is 24.3 Å². The first kappa shape index (κ1) is 14.9. The van der Waals surface area contributed by atoms with E-state index in [4.69, 9.17) is 0 Å². The van der Waals surface area contributed by atoms with Gasteiger partial charge in [-0.25, -0.2) is 4.39 Å². The molecule has 0 amide bonds. The van der Waals surface area contributed by atoms with Crippen LogP contribution in [0.2, 0.25) is 0 Å². The van der Waals surface area contributed by atoms with Gasteiger partial charge >= 0.3 is 0 Å². The first-order chi connectivity index (χ1) is 9.22. The van der Waals surface area contributed by atoms with E-state index >= 15 is 0 Å². The summed E-state index contributed by atoms with van der Waals surface area (Å²) in [5.74, 6) is -0.154. The Morgan fingerprint density at radius 1 is 1.32 bits per heavy atom. The van der Waals surface area contributed by atoms with Crippen LogP contribution in [-0.2, 0) is 0 Å². The van der Waals surface area contributed by atoms with E-state index in [0.717, 1.165) is 11.7 Å². The fourth-order valence-electron chi connectivity index (χ4n) is 2.94. The molecule has 3 unspecified atom stereocenters. The number of hydrogen-bond donors (Lipinski definition) is 1. The molecule has 1 saturated carbocycles. The zero-order valence-electron chi connectivity index (χ0n) is 11.9. The van der Waals surface area contributed by atoms with Gasteiger partial charge in [0.2, 0.25) is 0 Å². The van der Waals surface area contributed by atoms with Gasteiger partial charge in [0.1, 0.15) is 5.82 Å². The molecule has 0 heterocycles. The average Bonchev–Trinajstić information content (AvgIpc) is 2.46. The van der Waals surface area contributed by atoms with E-state index in [9.17, 15) is 4.39 Å². The van der Waals surface area contributed by atoms with Crippen LogP contribution >= 0.6 is 11.8 Å². The average molecular weight is 281 g/mol. The summed E-state index contributed by atoms with van der Waals surface area (Å²) in [6.07, 6.45) is 8.47. The van der Waals surface area contributed by atoms with Crippen molar-refractivity contribution in [2.24, 2.45) is 0 Å². The first-order valence-electron chi connectivity index (χ1n) is 7.27. The molecule has 0 aliphatic heterocycles. The van der Waals surface area contributed by atoms with Gasteiger partial charge in [-0.05, 0) is 49.6 Å². The predicted molar refractivity (Wildman–Crippen MR) is 82.1 cm³/mol. The number of hydrogen-bond acceptors (Lipinski definition) is 2. The summed E-state index contributed by atoms with van der Waals surface area (Å²) < 4.78 is 13.0. The van der Waals surface area contributed by atoms with Gasteiger partial charge in [0, 0.05) is 17.3 Å². The molecule has 0 radical (unpaired) electrons. The Labute approximate surface area is 120 Å². The van der Waals surface area contributed by atoms with Crippen LogP contribution < -0.4 is 5.32 Å². The molecule has 3 heteroatoms. The quantitative estimate of drug-likeness (QED) is 0.850. The maximum absolute atomic E-state index is 13.0. The van der Waals surface area contributed by atoms with Crippen molar-refractivity contribution in [1.82, 2.24) is 5.32 Å². The molecular weight excluding hydrogens is 257 g/mol. The summed E-state index contributed by atoms with van der Waals surface area (Å²) in [6, 6.07) is 7.90. The van der Waals surface area contributed by atoms with Gasteiger partial charge in [0.25, 0.3) is 0 Å². The Kier molecular flexibility index (Phi) is 5.71. The molecule has 1 aromatic carbocycles. The van der Waals surface area contributed by atoms with E-state index in [1.165, 1.54) is 31.2 Å². The Hall–Kier alpha value is -0.540. The largest absolute Gasteiger partial charge is 0.307 e. The maximum Gasteiger partial charge on any atom is 0.123 e. The lowest BCUT2D eigenvalue weighted by molar-refractivity contribution is 0.340. The second kappa shape index (κ2) is 7.30. The molecular formula is C16H24FNS. The molecule has 0 aromatic heterocycles. The molecule has 3 atom stereocenters. The Morgan fingerprint density at radius 2 is 2.05 bits per heavy atom. The van der Waals surface area contributed by atoms with Crippen LogP contribution in [0.25, 0.3) is 0 Å². The van der Waals surface area contributed by atoms with Crippen LogP contribution in [0, 0.1) is 5.82 Å². The summed E-state index contributed by atoms with van der Waals surface area (Å²) in [4.78, 5) is 0. The van der Waals surface area contributed by atoms with Gasteiger partial charge in [-0.2, -0.15) is 11.8 Å². The Bertz CT molecular complexity index is 379. The van der Waals surface area contributed by atoms with E-state index in [0.29, 0.717) is 12.1 Å². The van der Waals surface area contributed by atoms with Crippen molar-refractivity contribution in [2.45, 2.75) is 56.4 Å². The van der Waals surface area contributed by atoms with Gasteiger partial charge in [-0.3, -0.25) is 0 Å². The highest BCUT2D eigenvalue weighted by atomic mass is 32.2. The highest BCUT2D eigenvalue weighted by molar-refractivity contribution is 7.99. The topological polar surface area (TPSA) is 12.0 Å². The van der Waals surface area contributed by atoms with Crippen LogP contribution in [-0.4, -0.2) is 17.5 Å². The zero-order valence-corrected chi connectivity index (χ0v) is 12.7. The van der Waals surface area contributed by atoms with E-state index in [1.54, 1.807) is 12.1 Å². The van der Waals surface area contributed by atoms with E-state index in [1.807, 2.05) is 23.9 Å². The van der Waals surface area contributed by atoms with Crippen LogP contribution in [0.1, 0.15) is 50.6 Å². The highest BCUT2D eigenvalue weighted by Crippen LogP contribution is 2.29. The lowest BCUT2D eigenvalue weighted by atomic mass is 9.93. The third kappa shape index (κ3) is 4.22. The van der Waals surface area contributed by atoms with Crippen molar-refractivity contribution in [1.29, 1.82) is 0 Å². The number of nitrogens with one attached hydrogen (secondary N) is 1. The first-order valence-corrected chi connectivity index (χ1v) is 8.56. The molecule has 19 heavy (non-hydrogen) atoms. The Morgan fingerprint density at radius 3 is 2.68 bits per heavy atom. The van der Waals surface area contributed by atoms with Crippen LogP contribution in [0.3, 0.4) is 0 Å². The predicted octanol–water partition coefficient (Wildman–Crippen LogP) is 4.54. The van der Waals surface area contributed by atoms with E-state index in [-0.39, 0.29) is 5.82 Å². The molecule has 1 fully saturated rings. The molecule has 2 rings (SSSR count). The molecule has 1 nitrogen and oxygen atoms in total. The SMILES string of the molecule is CCC(NC1CCCC(SC)C1)c1ccc(F)cc1. The lowest BCUT2D eigenvalue weighted by Gasteiger charge is -2.32. The van der Waals surface area contributed by atoms with Crippen molar-refractivity contribution in [3.05, 3.63) is 35.6 Å². The van der Waals surface area contributed by atoms with Crippen LogP contribution in [0.5, 0.6) is 0 Å². The minimum atomic E-state index is -0.154. The number of thioether (sulfide) groups is 1. The molecule has 1 N–H and O–H groups in total. The third-order valence-electron chi connectivity index (χ3n) is 4.08. The van der Waals surface area contributed by atoms with E-state index in [2.05, 4.69) is 18.5 Å². The van der Waals surface area contributed by atoms with Crippen LogP contribution in [0.4, 0.5) is 4.39 Å². The number of halogens is 1. The monoisotopic (exact) mass is 281 g/mol. The van der Waals surface area contributed by atoms with E-state index < -0.39 is 0 Å². The third-order valence-corrected chi connectivity index (χ3v) is 5.17. The van der Waals surface area contributed by atoms with Gasteiger partial charge in [0.15, 0.2) is 0 Å². The fraction of sp³-hybridized carbons (Fsp3) is 0.625. The summed E-state index contributed by atoms with van der Waals surface area (Å²) in [5.41, 5.74) is 1.20. The molecule has 106 valence electrons. The molecule has 0 bridgehead atoms. The maximum atomic E-state index is 13.0.